The van der Waals surface area contributed by atoms with Crippen LogP contribution in [-0.4, -0.2) is 18.1 Å². The molecule has 2 unspecified atom stereocenters. The van der Waals surface area contributed by atoms with Gasteiger partial charge in [0.25, 0.3) is 0 Å². The summed E-state index contributed by atoms with van der Waals surface area (Å²) in [7, 11) is 0. The van der Waals surface area contributed by atoms with E-state index in [2.05, 4.69) is 6.92 Å². The summed E-state index contributed by atoms with van der Waals surface area (Å²) in [6, 6.07) is -0.0389. The molecule has 1 aliphatic heterocycles. The van der Waals surface area contributed by atoms with Crippen molar-refractivity contribution in [2.24, 2.45) is 5.73 Å². The second kappa shape index (κ2) is 5.15. The molecule has 0 spiro atoms. The lowest BCUT2D eigenvalue weighted by Crippen LogP contribution is -2.34. The van der Waals surface area contributed by atoms with Crippen molar-refractivity contribution in [1.82, 2.24) is 0 Å². The van der Waals surface area contributed by atoms with Gasteiger partial charge in [0, 0.05) is 11.6 Å². The molecule has 1 heterocycles. The predicted molar refractivity (Wildman–Crippen MR) is 55.8 cm³/mol. The Bertz CT molecular complexity index is 235. The fourth-order valence-corrected chi connectivity index (χ4v) is 1.57. The molecule has 1 aliphatic rings. The summed E-state index contributed by atoms with van der Waals surface area (Å²) in [5, 5.41) is 0. The van der Waals surface area contributed by atoms with E-state index in [0.29, 0.717) is 5.57 Å². The van der Waals surface area contributed by atoms with Gasteiger partial charge in [-0.2, -0.15) is 0 Å². The van der Waals surface area contributed by atoms with Gasteiger partial charge in [-0.05, 0) is 19.4 Å². The molecule has 0 bridgehead atoms. The zero-order chi connectivity index (χ0) is 10.6. The summed E-state index contributed by atoms with van der Waals surface area (Å²) in [6.07, 6.45) is 6.05. The SMILES string of the molecule is CCCCCC(N)C1C=C(C)C(=O)O1. The Balaban J connectivity index is 2.32. The third-order valence-corrected chi connectivity index (χ3v) is 2.54. The van der Waals surface area contributed by atoms with E-state index in [1.54, 1.807) is 6.92 Å². The van der Waals surface area contributed by atoms with E-state index in [0.717, 1.165) is 12.8 Å². The zero-order valence-electron chi connectivity index (χ0n) is 8.95. The van der Waals surface area contributed by atoms with Crippen LogP contribution in [0.3, 0.4) is 0 Å². The quantitative estimate of drug-likeness (QED) is 0.539. The molecule has 0 aromatic heterocycles. The topological polar surface area (TPSA) is 52.3 Å². The number of cyclic esters (lactones) is 1. The van der Waals surface area contributed by atoms with Gasteiger partial charge < -0.3 is 10.5 Å². The Morgan fingerprint density at radius 1 is 1.57 bits per heavy atom. The predicted octanol–water partition coefficient (Wildman–Crippen LogP) is 1.77. The van der Waals surface area contributed by atoms with Crippen LogP contribution in [0.4, 0.5) is 0 Å². The van der Waals surface area contributed by atoms with Gasteiger partial charge in [0.05, 0.1) is 0 Å². The maximum Gasteiger partial charge on any atom is 0.334 e. The van der Waals surface area contributed by atoms with Gasteiger partial charge in [0.2, 0.25) is 0 Å². The van der Waals surface area contributed by atoms with Crippen LogP contribution in [0, 0.1) is 0 Å². The van der Waals surface area contributed by atoms with Crippen molar-refractivity contribution in [3.8, 4) is 0 Å². The molecule has 0 saturated heterocycles. The lowest BCUT2D eigenvalue weighted by molar-refractivity contribution is -0.140. The molecule has 0 saturated carbocycles. The Morgan fingerprint density at radius 3 is 2.79 bits per heavy atom. The van der Waals surface area contributed by atoms with Crippen LogP contribution in [0.5, 0.6) is 0 Å². The Labute approximate surface area is 85.3 Å². The van der Waals surface area contributed by atoms with Crippen molar-refractivity contribution in [1.29, 1.82) is 0 Å². The van der Waals surface area contributed by atoms with Crippen molar-refractivity contribution in [3.63, 3.8) is 0 Å². The van der Waals surface area contributed by atoms with Crippen LogP contribution in [0.25, 0.3) is 0 Å². The minimum atomic E-state index is -0.221. The first kappa shape index (κ1) is 11.2. The highest BCUT2D eigenvalue weighted by molar-refractivity contribution is 5.90. The molecule has 0 aromatic rings. The molecule has 3 nitrogen and oxygen atoms in total. The fourth-order valence-electron chi connectivity index (χ4n) is 1.57. The molecule has 1 rings (SSSR count). The van der Waals surface area contributed by atoms with Crippen molar-refractivity contribution >= 4 is 5.97 Å². The smallest absolute Gasteiger partial charge is 0.334 e. The van der Waals surface area contributed by atoms with Crippen LogP contribution in [-0.2, 0) is 9.53 Å². The zero-order valence-corrected chi connectivity index (χ0v) is 8.95. The molecule has 3 heteroatoms. The third-order valence-electron chi connectivity index (χ3n) is 2.54. The van der Waals surface area contributed by atoms with E-state index >= 15 is 0 Å². The molecule has 0 amide bonds. The third kappa shape index (κ3) is 2.84. The molecular formula is C11H19NO2. The molecule has 14 heavy (non-hydrogen) atoms. The van der Waals surface area contributed by atoms with Gasteiger partial charge in [0.15, 0.2) is 0 Å². The highest BCUT2D eigenvalue weighted by atomic mass is 16.5. The van der Waals surface area contributed by atoms with Gasteiger partial charge in [-0.25, -0.2) is 4.79 Å². The minimum Gasteiger partial charge on any atom is -0.453 e. The molecular weight excluding hydrogens is 178 g/mol. The van der Waals surface area contributed by atoms with Crippen molar-refractivity contribution < 1.29 is 9.53 Å². The molecule has 0 fully saturated rings. The summed E-state index contributed by atoms with van der Waals surface area (Å²) in [4.78, 5) is 11.1. The van der Waals surface area contributed by atoms with E-state index in [1.165, 1.54) is 12.8 Å². The number of hydrogen-bond acceptors (Lipinski definition) is 3. The number of carbonyl (C=O) groups is 1. The van der Waals surface area contributed by atoms with Crippen LogP contribution in [0.1, 0.15) is 39.5 Å². The van der Waals surface area contributed by atoms with Gasteiger partial charge in [0.1, 0.15) is 6.10 Å². The molecule has 2 N–H and O–H groups in total. The molecule has 0 aliphatic carbocycles. The summed E-state index contributed by atoms with van der Waals surface area (Å²) in [6.45, 7) is 3.92. The van der Waals surface area contributed by atoms with Crippen LogP contribution >= 0.6 is 0 Å². The van der Waals surface area contributed by atoms with Crippen molar-refractivity contribution in [2.45, 2.75) is 51.7 Å². The molecule has 2 atom stereocenters. The first-order chi connectivity index (χ1) is 6.65. The maximum atomic E-state index is 11.1. The van der Waals surface area contributed by atoms with Crippen LogP contribution in [0.2, 0.25) is 0 Å². The Kier molecular flexibility index (Phi) is 4.14. The Hall–Kier alpha value is -0.830. The fraction of sp³-hybridized carbons (Fsp3) is 0.727. The first-order valence-electron chi connectivity index (χ1n) is 5.30. The standard InChI is InChI=1S/C11H19NO2/c1-3-4-5-6-9(12)10-7-8(2)11(13)14-10/h7,9-10H,3-6,12H2,1-2H3. The van der Waals surface area contributed by atoms with Crippen molar-refractivity contribution in [2.75, 3.05) is 0 Å². The summed E-state index contributed by atoms with van der Waals surface area (Å²) in [5.74, 6) is -0.221. The van der Waals surface area contributed by atoms with E-state index in [4.69, 9.17) is 10.5 Å². The minimum absolute atomic E-state index is 0.0389. The number of esters is 1. The summed E-state index contributed by atoms with van der Waals surface area (Å²) in [5.41, 5.74) is 6.60. The van der Waals surface area contributed by atoms with Crippen LogP contribution in [0.15, 0.2) is 11.6 Å². The molecule has 0 radical (unpaired) electrons. The molecule has 0 aromatic carbocycles. The molecule has 80 valence electrons. The van der Waals surface area contributed by atoms with Gasteiger partial charge in [-0.15, -0.1) is 0 Å². The maximum absolute atomic E-state index is 11.1. The number of ether oxygens (including phenoxy) is 1. The number of nitrogens with two attached hydrogens (primary N) is 1. The second-order valence-corrected chi connectivity index (χ2v) is 3.88. The number of hydrogen-bond donors (Lipinski definition) is 1. The number of rotatable bonds is 5. The van der Waals surface area contributed by atoms with Gasteiger partial charge in [-0.3, -0.25) is 0 Å². The number of unbranched alkanes of at least 4 members (excludes halogenated alkanes) is 2. The van der Waals surface area contributed by atoms with Gasteiger partial charge in [-0.1, -0.05) is 26.2 Å². The van der Waals surface area contributed by atoms with E-state index in [1.807, 2.05) is 6.08 Å². The van der Waals surface area contributed by atoms with E-state index < -0.39 is 0 Å². The monoisotopic (exact) mass is 197 g/mol. The number of carbonyl (C=O) groups excluding carboxylic acids is 1. The average molecular weight is 197 g/mol. The van der Waals surface area contributed by atoms with Crippen molar-refractivity contribution in [3.05, 3.63) is 11.6 Å². The second-order valence-electron chi connectivity index (χ2n) is 3.88. The normalized spacial score (nSPS) is 23.2. The largest absolute Gasteiger partial charge is 0.453 e. The van der Waals surface area contributed by atoms with Crippen LogP contribution < -0.4 is 5.73 Å². The highest BCUT2D eigenvalue weighted by Gasteiger charge is 2.26. The lowest BCUT2D eigenvalue weighted by atomic mass is 10.0. The average Bonchev–Trinajstić information content (AvgIpc) is 2.47. The summed E-state index contributed by atoms with van der Waals surface area (Å²) < 4.78 is 5.11. The first-order valence-corrected chi connectivity index (χ1v) is 5.30. The Morgan fingerprint density at radius 2 is 2.29 bits per heavy atom. The highest BCUT2D eigenvalue weighted by Crippen LogP contribution is 2.17. The van der Waals surface area contributed by atoms with E-state index in [9.17, 15) is 4.79 Å². The van der Waals surface area contributed by atoms with Gasteiger partial charge >= 0.3 is 5.97 Å². The van der Waals surface area contributed by atoms with E-state index in [-0.39, 0.29) is 18.1 Å². The summed E-state index contributed by atoms with van der Waals surface area (Å²) >= 11 is 0. The lowest BCUT2D eigenvalue weighted by Gasteiger charge is -2.16.